The molecule has 0 amide bonds. The van der Waals surface area contributed by atoms with Crippen molar-refractivity contribution in [3.8, 4) is 5.69 Å². The van der Waals surface area contributed by atoms with Crippen molar-refractivity contribution in [2.24, 2.45) is 0 Å². The Kier molecular flexibility index (Phi) is 4.55. The first kappa shape index (κ1) is 16.1. The van der Waals surface area contributed by atoms with Crippen LogP contribution in [-0.2, 0) is 6.54 Å². The molecule has 0 fully saturated rings. The van der Waals surface area contributed by atoms with Crippen LogP contribution in [0.25, 0.3) is 5.69 Å². The van der Waals surface area contributed by atoms with E-state index in [1.165, 1.54) is 6.07 Å². The number of aryl methyl sites for hydroxylation is 1. The third-order valence-corrected chi connectivity index (χ3v) is 3.66. The molecule has 6 heteroatoms. The highest BCUT2D eigenvalue weighted by molar-refractivity contribution is 5.40. The minimum absolute atomic E-state index is 0.261. The van der Waals surface area contributed by atoms with Crippen LogP contribution in [0.5, 0.6) is 0 Å². The molecule has 3 rings (SSSR count). The van der Waals surface area contributed by atoms with Gasteiger partial charge in [-0.2, -0.15) is 0 Å². The van der Waals surface area contributed by atoms with Gasteiger partial charge in [0.25, 0.3) is 0 Å². The smallest absolute Gasteiger partial charge is 0.147 e. The Morgan fingerprint density at radius 1 is 1.21 bits per heavy atom. The molecule has 0 unspecified atom stereocenters. The molecule has 2 heterocycles. The van der Waals surface area contributed by atoms with Gasteiger partial charge in [0.05, 0.1) is 12.0 Å². The summed E-state index contributed by atoms with van der Waals surface area (Å²) in [7, 11) is 0. The Labute approximate surface area is 140 Å². The van der Waals surface area contributed by atoms with Gasteiger partial charge in [0.1, 0.15) is 17.5 Å². The fourth-order valence-electron chi connectivity index (χ4n) is 2.40. The average Bonchev–Trinajstić information content (AvgIpc) is 3.06. The maximum atomic E-state index is 14.3. The summed E-state index contributed by atoms with van der Waals surface area (Å²) >= 11 is 0. The minimum Gasteiger partial charge on any atom is -0.366 e. The third kappa shape index (κ3) is 3.59. The van der Waals surface area contributed by atoms with Crippen LogP contribution in [-0.4, -0.2) is 19.5 Å². The van der Waals surface area contributed by atoms with Crippen LogP contribution in [0.1, 0.15) is 36.8 Å². The average molecular weight is 325 g/mol. The summed E-state index contributed by atoms with van der Waals surface area (Å²) in [4.78, 5) is 12.9. The van der Waals surface area contributed by atoms with E-state index in [1.54, 1.807) is 29.4 Å². The van der Waals surface area contributed by atoms with E-state index >= 15 is 0 Å². The number of aromatic nitrogens is 4. The molecule has 0 aliphatic carbocycles. The van der Waals surface area contributed by atoms with Crippen LogP contribution in [0.4, 0.5) is 10.2 Å². The zero-order valence-corrected chi connectivity index (χ0v) is 14.0. The van der Waals surface area contributed by atoms with E-state index in [0.717, 1.165) is 22.9 Å². The number of halogens is 1. The fourth-order valence-corrected chi connectivity index (χ4v) is 2.40. The first-order valence-electron chi connectivity index (χ1n) is 7.89. The van der Waals surface area contributed by atoms with Crippen molar-refractivity contribution in [3.05, 3.63) is 65.9 Å². The quantitative estimate of drug-likeness (QED) is 0.774. The molecule has 2 aromatic heterocycles. The molecule has 5 nitrogen and oxygen atoms in total. The van der Waals surface area contributed by atoms with Gasteiger partial charge in [-0.25, -0.2) is 19.3 Å². The highest BCUT2D eigenvalue weighted by atomic mass is 19.1. The van der Waals surface area contributed by atoms with Gasteiger partial charge in [-0.3, -0.25) is 0 Å². The summed E-state index contributed by atoms with van der Waals surface area (Å²) in [5.74, 6) is 1.54. The molecule has 0 aliphatic rings. The first-order valence-corrected chi connectivity index (χ1v) is 7.89. The molecular formula is C18H20FN5. The van der Waals surface area contributed by atoms with E-state index in [0.29, 0.717) is 12.2 Å². The topological polar surface area (TPSA) is 55.6 Å². The van der Waals surface area contributed by atoms with E-state index in [2.05, 4.69) is 34.1 Å². The third-order valence-electron chi connectivity index (χ3n) is 3.66. The van der Waals surface area contributed by atoms with Gasteiger partial charge in [-0.05, 0) is 24.6 Å². The number of benzene rings is 1. The van der Waals surface area contributed by atoms with E-state index in [-0.39, 0.29) is 11.7 Å². The summed E-state index contributed by atoms with van der Waals surface area (Å²) in [6.07, 6.45) is 4.92. The van der Waals surface area contributed by atoms with Gasteiger partial charge >= 0.3 is 0 Å². The lowest BCUT2D eigenvalue weighted by Gasteiger charge is -2.11. The van der Waals surface area contributed by atoms with Crippen LogP contribution in [0, 0.1) is 12.7 Å². The maximum Gasteiger partial charge on any atom is 0.147 e. The first-order chi connectivity index (χ1) is 11.5. The summed E-state index contributed by atoms with van der Waals surface area (Å²) < 4.78 is 15.9. The predicted octanol–water partition coefficient (Wildman–Crippen LogP) is 3.85. The van der Waals surface area contributed by atoms with Crippen molar-refractivity contribution in [1.82, 2.24) is 19.5 Å². The molecule has 3 aromatic rings. The number of hydrogen-bond acceptors (Lipinski definition) is 4. The van der Waals surface area contributed by atoms with Crippen LogP contribution in [0.2, 0.25) is 0 Å². The Bertz CT molecular complexity index is 827. The molecule has 0 atom stereocenters. The van der Waals surface area contributed by atoms with E-state index < -0.39 is 0 Å². The molecule has 0 bridgehead atoms. The lowest BCUT2D eigenvalue weighted by molar-refractivity contribution is 0.616. The molecule has 1 aromatic carbocycles. The number of hydrogen-bond donors (Lipinski definition) is 1. The summed E-state index contributed by atoms with van der Waals surface area (Å²) in [5, 5.41) is 3.24. The molecule has 1 N–H and O–H groups in total. The van der Waals surface area contributed by atoms with Crippen molar-refractivity contribution in [1.29, 1.82) is 0 Å². The van der Waals surface area contributed by atoms with Gasteiger partial charge < -0.3 is 9.88 Å². The molecule has 24 heavy (non-hydrogen) atoms. The second-order valence-corrected chi connectivity index (χ2v) is 6.02. The molecule has 0 saturated carbocycles. The Balaban J connectivity index is 1.74. The fraction of sp³-hybridized carbons (Fsp3) is 0.278. The van der Waals surface area contributed by atoms with Crippen molar-refractivity contribution in [2.45, 2.75) is 33.2 Å². The predicted molar refractivity (Wildman–Crippen MR) is 91.7 cm³/mol. The Morgan fingerprint density at radius 3 is 2.71 bits per heavy atom. The lowest BCUT2D eigenvalue weighted by atomic mass is 10.2. The maximum absolute atomic E-state index is 14.3. The van der Waals surface area contributed by atoms with Crippen LogP contribution < -0.4 is 5.32 Å². The van der Waals surface area contributed by atoms with E-state index in [9.17, 15) is 4.39 Å². The number of imidazole rings is 1. The standard InChI is InChI=1S/C18H20FN5/c1-12(2)18-22-13(3)8-17(23-18)21-10-14-4-5-16(15(19)9-14)24-7-6-20-11-24/h4-9,11-12H,10H2,1-3H3,(H,21,22,23). The van der Waals surface area contributed by atoms with Gasteiger partial charge in [0.2, 0.25) is 0 Å². The monoisotopic (exact) mass is 325 g/mol. The molecule has 0 aliphatic heterocycles. The van der Waals surface area contributed by atoms with E-state index in [1.807, 2.05) is 19.1 Å². The van der Waals surface area contributed by atoms with Gasteiger partial charge in [-0.15, -0.1) is 0 Å². The van der Waals surface area contributed by atoms with Crippen molar-refractivity contribution in [2.75, 3.05) is 5.32 Å². The zero-order valence-electron chi connectivity index (χ0n) is 14.0. The SMILES string of the molecule is Cc1cc(NCc2ccc(-n3ccnc3)c(F)c2)nc(C(C)C)n1. The van der Waals surface area contributed by atoms with Crippen molar-refractivity contribution in [3.63, 3.8) is 0 Å². The highest BCUT2D eigenvalue weighted by Crippen LogP contribution is 2.17. The molecular weight excluding hydrogens is 305 g/mol. The van der Waals surface area contributed by atoms with Gasteiger partial charge in [0, 0.05) is 36.6 Å². The van der Waals surface area contributed by atoms with Crippen LogP contribution in [0.3, 0.4) is 0 Å². The van der Waals surface area contributed by atoms with Crippen LogP contribution >= 0.6 is 0 Å². The Morgan fingerprint density at radius 2 is 2.04 bits per heavy atom. The second-order valence-electron chi connectivity index (χ2n) is 6.02. The Hall–Kier alpha value is -2.76. The number of nitrogens with zero attached hydrogens (tertiary/aromatic N) is 4. The molecule has 0 saturated heterocycles. The minimum atomic E-state index is -0.283. The largest absolute Gasteiger partial charge is 0.366 e. The van der Waals surface area contributed by atoms with E-state index in [4.69, 9.17) is 0 Å². The van der Waals surface area contributed by atoms with Crippen molar-refractivity contribution < 1.29 is 4.39 Å². The lowest BCUT2D eigenvalue weighted by Crippen LogP contribution is -2.07. The second kappa shape index (κ2) is 6.78. The number of anilines is 1. The summed E-state index contributed by atoms with van der Waals surface area (Å²) in [6, 6.07) is 7.06. The molecule has 124 valence electrons. The number of rotatable bonds is 5. The highest BCUT2D eigenvalue weighted by Gasteiger charge is 2.08. The molecule has 0 radical (unpaired) electrons. The molecule has 0 spiro atoms. The summed E-state index contributed by atoms with van der Waals surface area (Å²) in [6.45, 7) is 6.55. The van der Waals surface area contributed by atoms with Gasteiger partial charge in [-0.1, -0.05) is 19.9 Å². The van der Waals surface area contributed by atoms with Crippen LogP contribution in [0.15, 0.2) is 43.0 Å². The number of nitrogens with one attached hydrogen (secondary N) is 1. The van der Waals surface area contributed by atoms with Crippen molar-refractivity contribution >= 4 is 5.82 Å². The van der Waals surface area contributed by atoms with Gasteiger partial charge in [0.15, 0.2) is 0 Å². The normalized spacial score (nSPS) is 11.0. The summed E-state index contributed by atoms with van der Waals surface area (Å²) in [5.41, 5.74) is 2.24. The zero-order chi connectivity index (χ0) is 17.1.